The van der Waals surface area contributed by atoms with E-state index in [2.05, 4.69) is 44.2 Å². The first kappa shape index (κ1) is 19.2. The molecule has 0 amide bonds. The van der Waals surface area contributed by atoms with Crippen LogP contribution in [0.1, 0.15) is 45.1 Å². The lowest BCUT2D eigenvalue weighted by molar-refractivity contribution is -0.119. The van der Waals surface area contributed by atoms with E-state index < -0.39 is 0 Å². The van der Waals surface area contributed by atoms with Gasteiger partial charge in [0.2, 0.25) is 0 Å². The molecule has 0 spiro atoms. The van der Waals surface area contributed by atoms with Gasteiger partial charge in [0, 0.05) is 13.0 Å². The van der Waals surface area contributed by atoms with Gasteiger partial charge in [-0.25, -0.2) is 4.79 Å². The third-order valence-corrected chi connectivity index (χ3v) is 5.11. The largest absolute Gasteiger partial charge is 0.329 e. The molecule has 1 heterocycles. The van der Waals surface area contributed by atoms with E-state index >= 15 is 0 Å². The number of nitrogens with zero attached hydrogens (tertiary/aromatic N) is 2. The molecule has 3 aromatic rings. The summed E-state index contributed by atoms with van der Waals surface area (Å²) in [5.74, 6) is 0.128. The number of hydrogen-bond donors (Lipinski definition) is 0. The van der Waals surface area contributed by atoms with Gasteiger partial charge in [-0.05, 0) is 43.5 Å². The smallest absolute Gasteiger partial charge is 0.298 e. The zero-order valence-electron chi connectivity index (χ0n) is 16.5. The van der Waals surface area contributed by atoms with Crippen molar-refractivity contribution in [2.75, 3.05) is 0 Å². The van der Waals surface area contributed by atoms with Crippen LogP contribution in [0.15, 0.2) is 47.3 Å². The summed E-state index contributed by atoms with van der Waals surface area (Å²) in [5, 5.41) is 0. The second kappa shape index (κ2) is 8.38. The third-order valence-electron chi connectivity index (χ3n) is 5.11. The lowest BCUT2D eigenvalue weighted by Crippen LogP contribution is -2.26. The van der Waals surface area contributed by atoms with E-state index in [-0.39, 0.29) is 18.0 Å². The summed E-state index contributed by atoms with van der Waals surface area (Å²) in [7, 11) is 0. The van der Waals surface area contributed by atoms with Crippen molar-refractivity contribution in [1.82, 2.24) is 9.13 Å². The number of Topliss-reactive ketones (excluding diaryl/α,β-unsaturated/α-hetero) is 1. The predicted molar refractivity (Wildman–Crippen MR) is 111 cm³/mol. The number of benzene rings is 2. The molecular formula is C23H28N2O2. The molecule has 0 aliphatic carbocycles. The first-order valence-corrected chi connectivity index (χ1v) is 9.87. The molecular weight excluding hydrogens is 336 g/mol. The fourth-order valence-corrected chi connectivity index (χ4v) is 3.53. The van der Waals surface area contributed by atoms with Crippen molar-refractivity contribution in [3.05, 3.63) is 58.5 Å². The minimum absolute atomic E-state index is 0.0996. The Hall–Kier alpha value is -2.62. The van der Waals surface area contributed by atoms with Crippen molar-refractivity contribution in [2.45, 2.75) is 59.5 Å². The molecule has 0 fully saturated rings. The van der Waals surface area contributed by atoms with E-state index in [1.54, 1.807) is 9.13 Å². The molecule has 0 atom stereocenters. The molecule has 3 rings (SSSR count). The summed E-state index contributed by atoms with van der Waals surface area (Å²) in [4.78, 5) is 25.2. The van der Waals surface area contributed by atoms with Crippen molar-refractivity contribution < 1.29 is 4.79 Å². The number of aryl methyl sites for hydroxylation is 2. The molecule has 142 valence electrons. The Labute approximate surface area is 160 Å². The van der Waals surface area contributed by atoms with Crippen molar-refractivity contribution in [3.63, 3.8) is 0 Å². The fraction of sp³-hybridized carbons (Fsp3) is 0.391. The first-order chi connectivity index (χ1) is 13.0. The van der Waals surface area contributed by atoms with Gasteiger partial charge in [0.05, 0.1) is 17.6 Å². The Bertz CT molecular complexity index is 994. The molecule has 27 heavy (non-hydrogen) atoms. The molecule has 1 aromatic heterocycles. The van der Waals surface area contributed by atoms with Crippen molar-refractivity contribution in [1.29, 1.82) is 0 Å². The number of carbonyl (C=O) groups excluding carboxylic acids is 1. The van der Waals surface area contributed by atoms with Crippen molar-refractivity contribution >= 4 is 16.8 Å². The van der Waals surface area contributed by atoms with Crippen LogP contribution in [0.3, 0.4) is 0 Å². The van der Waals surface area contributed by atoms with Crippen LogP contribution in [0.4, 0.5) is 0 Å². The normalized spacial score (nSPS) is 11.2. The Morgan fingerprint density at radius 2 is 1.59 bits per heavy atom. The van der Waals surface area contributed by atoms with E-state index in [1.807, 2.05) is 19.1 Å². The Kier molecular flexibility index (Phi) is 5.94. The van der Waals surface area contributed by atoms with Gasteiger partial charge < -0.3 is 0 Å². The highest BCUT2D eigenvalue weighted by Gasteiger charge is 2.15. The van der Waals surface area contributed by atoms with Crippen LogP contribution in [0.5, 0.6) is 0 Å². The number of ketones is 1. The van der Waals surface area contributed by atoms with Gasteiger partial charge in [-0.3, -0.25) is 13.9 Å². The van der Waals surface area contributed by atoms with Gasteiger partial charge in [0.1, 0.15) is 0 Å². The third kappa shape index (κ3) is 4.05. The van der Waals surface area contributed by atoms with E-state index in [4.69, 9.17) is 0 Å². The zero-order chi connectivity index (χ0) is 19.4. The molecule has 0 saturated carbocycles. The highest BCUT2D eigenvalue weighted by molar-refractivity contribution is 5.85. The summed E-state index contributed by atoms with van der Waals surface area (Å²) in [6.07, 6.45) is 3.58. The van der Waals surface area contributed by atoms with Crippen LogP contribution in [0, 0.1) is 6.92 Å². The number of hydrogen-bond acceptors (Lipinski definition) is 2. The molecule has 4 nitrogen and oxygen atoms in total. The minimum atomic E-state index is -0.0996. The van der Waals surface area contributed by atoms with Crippen LogP contribution in [0.25, 0.3) is 22.2 Å². The highest BCUT2D eigenvalue weighted by atomic mass is 16.2. The maximum Gasteiger partial charge on any atom is 0.329 e. The molecule has 2 aromatic carbocycles. The van der Waals surface area contributed by atoms with Crippen LogP contribution in [-0.2, 0) is 17.9 Å². The molecule has 0 unspecified atom stereocenters. The highest BCUT2D eigenvalue weighted by Crippen LogP contribution is 2.25. The number of rotatable bonds is 8. The van der Waals surface area contributed by atoms with Crippen molar-refractivity contribution in [3.8, 4) is 11.1 Å². The van der Waals surface area contributed by atoms with Crippen LogP contribution in [0.2, 0.25) is 0 Å². The summed E-state index contributed by atoms with van der Waals surface area (Å²) < 4.78 is 3.39. The number of aromatic nitrogens is 2. The second-order valence-corrected chi connectivity index (χ2v) is 7.18. The van der Waals surface area contributed by atoms with Gasteiger partial charge in [-0.1, -0.05) is 55.7 Å². The predicted octanol–water partition coefficient (Wildman–Crippen LogP) is 4.95. The standard InChI is InChI=1S/C23H28N2O2/c1-4-6-7-8-20(26)16-25-21-14-13-19(18-11-9-17(3)10-12-18)15-22(21)24(5-2)23(25)27/h9-15H,4-8,16H2,1-3H3. The molecule has 0 saturated heterocycles. The van der Waals surface area contributed by atoms with E-state index in [9.17, 15) is 9.59 Å². The lowest BCUT2D eigenvalue weighted by Gasteiger charge is -2.05. The zero-order valence-corrected chi connectivity index (χ0v) is 16.5. The van der Waals surface area contributed by atoms with Crippen LogP contribution < -0.4 is 5.69 Å². The Morgan fingerprint density at radius 3 is 2.26 bits per heavy atom. The Morgan fingerprint density at radius 1 is 0.889 bits per heavy atom. The summed E-state index contributed by atoms with van der Waals surface area (Å²) in [6, 6.07) is 14.4. The molecule has 0 aliphatic heterocycles. The number of imidazole rings is 1. The summed E-state index contributed by atoms with van der Waals surface area (Å²) in [5.41, 5.74) is 5.05. The molecule has 4 heteroatoms. The maximum atomic E-state index is 12.9. The monoisotopic (exact) mass is 364 g/mol. The maximum absolute atomic E-state index is 12.9. The Balaban J connectivity index is 1.98. The quantitative estimate of drug-likeness (QED) is 0.531. The van der Waals surface area contributed by atoms with E-state index in [1.165, 1.54) is 5.56 Å². The van der Waals surface area contributed by atoms with Crippen LogP contribution in [-0.4, -0.2) is 14.9 Å². The van der Waals surface area contributed by atoms with Gasteiger partial charge in [-0.2, -0.15) is 0 Å². The number of fused-ring (bicyclic) bond motifs is 1. The molecule has 0 radical (unpaired) electrons. The van der Waals surface area contributed by atoms with Crippen molar-refractivity contribution in [2.24, 2.45) is 0 Å². The number of unbranched alkanes of at least 4 members (excludes halogenated alkanes) is 2. The first-order valence-electron chi connectivity index (χ1n) is 9.87. The average Bonchev–Trinajstić information content (AvgIpc) is 2.93. The SMILES string of the molecule is CCCCCC(=O)Cn1c(=O)n(CC)c2cc(-c3ccc(C)cc3)ccc21. The fourth-order valence-electron chi connectivity index (χ4n) is 3.53. The number of carbonyl (C=O) groups is 1. The van der Waals surface area contributed by atoms with E-state index in [0.29, 0.717) is 13.0 Å². The summed E-state index contributed by atoms with van der Waals surface area (Å²) >= 11 is 0. The van der Waals surface area contributed by atoms with E-state index in [0.717, 1.165) is 41.4 Å². The lowest BCUT2D eigenvalue weighted by atomic mass is 10.0. The van der Waals surface area contributed by atoms with Gasteiger partial charge in [0.25, 0.3) is 0 Å². The van der Waals surface area contributed by atoms with Gasteiger partial charge in [-0.15, -0.1) is 0 Å². The minimum Gasteiger partial charge on any atom is -0.298 e. The molecule has 0 N–H and O–H groups in total. The summed E-state index contributed by atoms with van der Waals surface area (Å²) in [6.45, 7) is 6.90. The molecule has 0 aliphatic rings. The van der Waals surface area contributed by atoms with Gasteiger partial charge in [0.15, 0.2) is 5.78 Å². The topological polar surface area (TPSA) is 44.0 Å². The second-order valence-electron chi connectivity index (χ2n) is 7.18. The van der Waals surface area contributed by atoms with Gasteiger partial charge >= 0.3 is 5.69 Å². The molecule has 0 bridgehead atoms. The van der Waals surface area contributed by atoms with Crippen LogP contribution >= 0.6 is 0 Å². The average molecular weight is 364 g/mol.